The molecule has 2 amide bonds. The predicted octanol–water partition coefficient (Wildman–Crippen LogP) is 1.87. The molecular weight excluding hydrogens is 362 g/mol. The van der Waals surface area contributed by atoms with Gasteiger partial charge in [0.25, 0.3) is 6.20 Å². The van der Waals surface area contributed by atoms with E-state index < -0.39 is 5.91 Å². The number of carbonyl (C=O) groups excluding carboxylic acids is 2. The first-order chi connectivity index (χ1) is 12.6. The summed E-state index contributed by atoms with van der Waals surface area (Å²) in [4.78, 5) is 26.9. The fourth-order valence-electron chi connectivity index (χ4n) is 2.47. The SMILES string of the molecule is CCOC(=O)N1CCN([n+]2cc([N-]C(=O)c3ccc(Cl)cc3)on2)CC1. The standard InChI is InChI=1S/C16H18ClN5O4/c1-2-25-16(24)20-7-9-21(10-8-20)22-11-14(26-19-22)18-15(23)12-3-5-13(17)6-4-12/h3-6,11H,2,7-10H2,1H3. The molecule has 1 aliphatic rings. The Morgan fingerprint density at radius 3 is 2.62 bits per heavy atom. The lowest BCUT2D eigenvalue weighted by Gasteiger charge is -2.29. The first-order valence-electron chi connectivity index (χ1n) is 8.14. The van der Waals surface area contributed by atoms with Crippen LogP contribution in [0.5, 0.6) is 0 Å². The van der Waals surface area contributed by atoms with E-state index in [4.69, 9.17) is 20.9 Å². The van der Waals surface area contributed by atoms with E-state index in [1.54, 1.807) is 36.1 Å². The maximum atomic E-state index is 12.1. The highest BCUT2D eigenvalue weighted by atomic mass is 35.5. The number of aromatic nitrogens is 2. The molecule has 1 fully saturated rings. The molecule has 10 heteroatoms. The molecule has 138 valence electrons. The molecule has 0 unspecified atom stereocenters. The molecule has 1 aromatic carbocycles. The number of nitrogens with zero attached hydrogens (tertiary/aromatic N) is 5. The number of amides is 2. The number of benzene rings is 1. The van der Waals surface area contributed by atoms with Gasteiger partial charge in [-0.15, -0.1) is 5.01 Å². The fraction of sp³-hybridized carbons (Fsp3) is 0.375. The second-order valence-electron chi connectivity index (χ2n) is 5.52. The molecule has 0 N–H and O–H groups in total. The summed E-state index contributed by atoms with van der Waals surface area (Å²) in [5.41, 5.74) is 0.403. The third-order valence-electron chi connectivity index (χ3n) is 3.82. The fourth-order valence-corrected chi connectivity index (χ4v) is 2.59. The smallest absolute Gasteiger partial charge is 0.409 e. The maximum Gasteiger partial charge on any atom is 0.409 e. The molecule has 26 heavy (non-hydrogen) atoms. The van der Waals surface area contributed by atoms with Gasteiger partial charge in [-0.3, -0.25) is 0 Å². The van der Waals surface area contributed by atoms with E-state index in [0.717, 1.165) is 0 Å². The normalized spacial score (nSPS) is 14.2. The minimum atomic E-state index is -0.447. The highest BCUT2D eigenvalue weighted by Gasteiger charge is 2.27. The van der Waals surface area contributed by atoms with Crippen LogP contribution in [0.4, 0.5) is 10.7 Å². The van der Waals surface area contributed by atoms with Gasteiger partial charge >= 0.3 is 6.09 Å². The zero-order valence-corrected chi connectivity index (χ0v) is 14.9. The van der Waals surface area contributed by atoms with Crippen LogP contribution in [0.15, 0.2) is 35.0 Å². The average molecular weight is 380 g/mol. The Hall–Kier alpha value is -2.81. The van der Waals surface area contributed by atoms with E-state index in [1.807, 2.05) is 5.01 Å². The van der Waals surface area contributed by atoms with Crippen molar-refractivity contribution < 1.29 is 23.6 Å². The Morgan fingerprint density at radius 1 is 1.27 bits per heavy atom. The molecule has 3 rings (SSSR count). The third-order valence-corrected chi connectivity index (χ3v) is 4.07. The second kappa shape index (κ2) is 8.05. The lowest BCUT2D eigenvalue weighted by Crippen LogP contribution is -2.65. The molecule has 1 saturated heterocycles. The highest BCUT2D eigenvalue weighted by molar-refractivity contribution is 6.30. The number of carbonyl (C=O) groups is 2. The molecule has 2 aromatic rings. The number of piperazine rings is 1. The minimum Gasteiger partial charge on any atom is -0.584 e. The number of hydrogen-bond donors (Lipinski definition) is 0. The van der Waals surface area contributed by atoms with Gasteiger partial charge in [0.1, 0.15) is 5.88 Å². The van der Waals surface area contributed by atoms with E-state index in [9.17, 15) is 9.59 Å². The largest absolute Gasteiger partial charge is 0.584 e. The van der Waals surface area contributed by atoms with Crippen LogP contribution in [-0.4, -0.2) is 55.0 Å². The van der Waals surface area contributed by atoms with E-state index >= 15 is 0 Å². The topological polar surface area (TPSA) is 93.9 Å². The van der Waals surface area contributed by atoms with Crippen molar-refractivity contribution in [1.82, 2.24) is 10.2 Å². The van der Waals surface area contributed by atoms with Crippen LogP contribution in [0.25, 0.3) is 5.32 Å². The summed E-state index contributed by atoms with van der Waals surface area (Å²) >= 11 is 5.80. The molecule has 0 spiro atoms. The molecule has 1 aromatic heterocycles. The Labute approximate surface area is 155 Å². The molecule has 0 radical (unpaired) electrons. The summed E-state index contributed by atoms with van der Waals surface area (Å²) in [7, 11) is 0. The van der Waals surface area contributed by atoms with E-state index in [2.05, 4.69) is 10.6 Å². The van der Waals surface area contributed by atoms with Crippen LogP contribution in [-0.2, 0) is 4.74 Å². The van der Waals surface area contributed by atoms with Crippen molar-refractivity contribution in [1.29, 1.82) is 0 Å². The van der Waals surface area contributed by atoms with Crippen LogP contribution < -0.4 is 9.80 Å². The molecule has 0 atom stereocenters. The zero-order valence-electron chi connectivity index (χ0n) is 14.2. The van der Waals surface area contributed by atoms with Gasteiger partial charge in [0.15, 0.2) is 0 Å². The van der Waals surface area contributed by atoms with E-state index in [-0.39, 0.29) is 12.0 Å². The summed E-state index contributed by atoms with van der Waals surface area (Å²) in [6.45, 7) is 4.25. The predicted molar refractivity (Wildman–Crippen MR) is 92.0 cm³/mol. The van der Waals surface area contributed by atoms with Crippen molar-refractivity contribution >= 4 is 29.5 Å². The van der Waals surface area contributed by atoms with Gasteiger partial charge in [0.2, 0.25) is 5.27 Å². The summed E-state index contributed by atoms with van der Waals surface area (Å²) in [5.74, 6) is -0.352. The van der Waals surface area contributed by atoms with Crippen molar-refractivity contribution in [3.05, 3.63) is 46.4 Å². The summed E-state index contributed by atoms with van der Waals surface area (Å²) in [6, 6.07) is 6.42. The van der Waals surface area contributed by atoms with E-state index in [1.165, 1.54) is 11.0 Å². The van der Waals surface area contributed by atoms with Gasteiger partial charge < -0.3 is 24.3 Å². The quantitative estimate of drug-likeness (QED) is 0.753. The molecule has 0 saturated carbocycles. The number of halogens is 1. The van der Waals surface area contributed by atoms with Crippen molar-refractivity contribution in [2.75, 3.05) is 37.8 Å². The monoisotopic (exact) mass is 379 g/mol. The Kier molecular flexibility index (Phi) is 5.57. The first-order valence-corrected chi connectivity index (χ1v) is 8.52. The first kappa shape index (κ1) is 18.0. The molecule has 9 nitrogen and oxygen atoms in total. The van der Waals surface area contributed by atoms with Crippen molar-refractivity contribution in [2.24, 2.45) is 0 Å². The Bertz CT molecular complexity index is 771. The lowest BCUT2D eigenvalue weighted by molar-refractivity contribution is -0.759. The Balaban J connectivity index is 1.56. The van der Waals surface area contributed by atoms with Crippen LogP contribution in [0.1, 0.15) is 17.3 Å². The van der Waals surface area contributed by atoms with Gasteiger partial charge in [-0.25, -0.2) is 4.79 Å². The third kappa shape index (κ3) is 4.23. The number of rotatable bonds is 4. The molecule has 0 bridgehead atoms. The number of ether oxygens (including phenoxy) is 1. The summed E-state index contributed by atoms with van der Waals surface area (Å²) in [5, 5.41) is 10.2. The van der Waals surface area contributed by atoms with Gasteiger partial charge in [0.05, 0.1) is 30.4 Å². The molecule has 1 aliphatic heterocycles. The number of hydrogen-bond acceptors (Lipinski definition) is 6. The Morgan fingerprint density at radius 2 is 1.96 bits per heavy atom. The lowest BCUT2D eigenvalue weighted by atomic mass is 10.2. The van der Waals surface area contributed by atoms with Crippen molar-refractivity contribution in [2.45, 2.75) is 6.92 Å². The highest BCUT2D eigenvalue weighted by Crippen LogP contribution is 2.19. The zero-order chi connectivity index (χ0) is 18.5. The van der Waals surface area contributed by atoms with Crippen molar-refractivity contribution in [3.63, 3.8) is 0 Å². The van der Waals surface area contributed by atoms with Gasteiger partial charge in [-0.05, 0) is 24.6 Å². The van der Waals surface area contributed by atoms with E-state index in [0.29, 0.717) is 43.4 Å². The van der Waals surface area contributed by atoms with Gasteiger partial charge in [-0.1, -0.05) is 23.7 Å². The van der Waals surface area contributed by atoms with Crippen LogP contribution in [0.2, 0.25) is 5.02 Å². The van der Waals surface area contributed by atoms with Gasteiger partial charge in [-0.2, -0.15) is 0 Å². The van der Waals surface area contributed by atoms with Crippen molar-refractivity contribution in [3.8, 4) is 0 Å². The molecular formula is C16H18ClN5O4. The van der Waals surface area contributed by atoms with Crippen LogP contribution in [0, 0.1) is 0 Å². The molecule has 2 heterocycles. The summed E-state index contributed by atoms with van der Waals surface area (Å²) < 4.78 is 10.1. The maximum absolute atomic E-state index is 12.1. The second-order valence-corrected chi connectivity index (χ2v) is 5.96. The van der Waals surface area contributed by atoms with Crippen LogP contribution >= 0.6 is 11.6 Å². The molecule has 0 aliphatic carbocycles. The van der Waals surface area contributed by atoms with Crippen LogP contribution in [0.3, 0.4) is 0 Å². The van der Waals surface area contributed by atoms with Gasteiger partial charge in [0, 0.05) is 18.1 Å². The average Bonchev–Trinajstić information content (AvgIpc) is 3.11. The summed E-state index contributed by atoms with van der Waals surface area (Å²) in [6.07, 6.45) is 1.20. The minimum absolute atomic E-state index is 0.0952.